The summed E-state index contributed by atoms with van der Waals surface area (Å²) in [6.45, 7) is 14.5. The fraction of sp³-hybridized carbons (Fsp3) is 0.440. The van der Waals surface area contributed by atoms with Crippen LogP contribution in [0.25, 0.3) is 0 Å². The van der Waals surface area contributed by atoms with Gasteiger partial charge in [-0.3, -0.25) is 0 Å². The maximum atomic E-state index is 4.43. The van der Waals surface area contributed by atoms with Crippen molar-refractivity contribution in [2.45, 2.75) is 66.7 Å². The Balaban J connectivity index is 2.43. The molecule has 0 heterocycles. The van der Waals surface area contributed by atoms with Crippen LogP contribution in [0.2, 0.25) is 0 Å². The highest BCUT2D eigenvalue weighted by Gasteiger charge is 2.06. The summed E-state index contributed by atoms with van der Waals surface area (Å²) >= 11 is 0. The van der Waals surface area contributed by atoms with Gasteiger partial charge in [0.2, 0.25) is 0 Å². The highest BCUT2D eigenvalue weighted by molar-refractivity contribution is 5.94. The normalized spacial score (nSPS) is 14.6. The lowest BCUT2D eigenvalue weighted by atomic mass is 9.98. The second-order valence-electron chi connectivity index (χ2n) is 7.59. The predicted octanol–water partition coefficient (Wildman–Crippen LogP) is 7.34. The van der Waals surface area contributed by atoms with Gasteiger partial charge in [0.25, 0.3) is 0 Å². The third kappa shape index (κ3) is 11.2. The van der Waals surface area contributed by atoms with E-state index in [0.717, 1.165) is 37.1 Å². The fourth-order valence-corrected chi connectivity index (χ4v) is 2.60. The molecule has 2 heteroatoms. The Hall–Kier alpha value is -2.22. The van der Waals surface area contributed by atoms with Crippen molar-refractivity contribution in [2.75, 3.05) is 0 Å². The number of nitrogens with zero attached hydrogens (tertiary/aromatic N) is 2. The van der Waals surface area contributed by atoms with Crippen LogP contribution in [0.4, 0.5) is 0 Å². The van der Waals surface area contributed by atoms with Gasteiger partial charge < -0.3 is 0 Å². The molecule has 1 rings (SSSR count). The van der Waals surface area contributed by atoms with Gasteiger partial charge in [0.05, 0.1) is 5.71 Å². The lowest BCUT2D eigenvalue weighted by Crippen LogP contribution is -2.07. The van der Waals surface area contributed by atoms with Crippen LogP contribution < -0.4 is 0 Å². The summed E-state index contributed by atoms with van der Waals surface area (Å²) in [5.41, 5.74) is 6.02. The number of benzene rings is 1. The van der Waals surface area contributed by atoms with E-state index >= 15 is 0 Å². The molecule has 2 nitrogen and oxygen atoms in total. The number of aryl methyl sites for hydroxylation is 1. The molecule has 0 bridgehead atoms. The number of hydrogen-bond acceptors (Lipinski definition) is 2. The number of allylic oxidation sites excluding steroid dienone is 5. The highest BCUT2D eigenvalue weighted by atomic mass is 15.2. The summed E-state index contributed by atoms with van der Waals surface area (Å²) in [5, 5.41) is 8.78. The molecule has 0 radical (unpaired) electrons. The quantitative estimate of drug-likeness (QED) is 0.170. The molecule has 0 fully saturated rings. The molecule has 0 N–H and O–H groups in total. The summed E-state index contributed by atoms with van der Waals surface area (Å²) in [6.07, 6.45) is 11.8. The van der Waals surface area contributed by atoms with Gasteiger partial charge in [-0.05, 0) is 77.4 Å². The smallest absolute Gasteiger partial charge is 0.0599 e. The SMILES string of the molecule is C=C(C)CC/C(C)=C/C=C\C(C)=N\N=C(/C)C(C)CCCc1ccccc1. The van der Waals surface area contributed by atoms with Crippen molar-refractivity contribution in [1.29, 1.82) is 0 Å². The van der Waals surface area contributed by atoms with Gasteiger partial charge in [0.1, 0.15) is 0 Å². The van der Waals surface area contributed by atoms with E-state index in [1.807, 2.05) is 13.0 Å². The average molecular weight is 365 g/mol. The second-order valence-corrected chi connectivity index (χ2v) is 7.59. The predicted molar refractivity (Wildman–Crippen MR) is 122 cm³/mol. The van der Waals surface area contributed by atoms with Crippen LogP contribution in [0.5, 0.6) is 0 Å². The first-order valence-corrected chi connectivity index (χ1v) is 9.99. The van der Waals surface area contributed by atoms with Crippen LogP contribution in [0.1, 0.15) is 65.9 Å². The van der Waals surface area contributed by atoms with Crippen molar-refractivity contribution in [2.24, 2.45) is 16.1 Å². The largest absolute Gasteiger partial charge is 0.160 e. The summed E-state index contributed by atoms with van der Waals surface area (Å²) < 4.78 is 0. The molecular formula is C25H36N2. The van der Waals surface area contributed by atoms with E-state index in [0.29, 0.717) is 5.92 Å². The van der Waals surface area contributed by atoms with Crippen LogP contribution in [0.3, 0.4) is 0 Å². The van der Waals surface area contributed by atoms with Crippen molar-refractivity contribution >= 4 is 11.4 Å². The first kappa shape index (κ1) is 22.8. The molecule has 0 aliphatic heterocycles. The van der Waals surface area contributed by atoms with E-state index in [2.05, 4.69) is 87.0 Å². The Morgan fingerprint density at radius 3 is 2.41 bits per heavy atom. The molecule has 0 aliphatic rings. The zero-order chi connectivity index (χ0) is 20.1. The number of hydrogen-bond donors (Lipinski definition) is 0. The molecule has 1 aromatic carbocycles. The van der Waals surface area contributed by atoms with Gasteiger partial charge >= 0.3 is 0 Å². The Morgan fingerprint density at radius 1 is 1.04 bits per heavy atom. The average Bonchev–Trinajstić information content (AvgIpc) is 2.65. The molecule has 27 heavy (non-hydrogen) atoms. The molecular weight excluding hydrogens is 328 g/mol. The Bertz CT molecular complexity index is 690. The van der Waals surface area contributed by atoms with E-state index in [1.54, 1.807) is 0 Å². The lowest BCUT2D eigenvalue weighted by Gasteiger charge is -2.10. The maximum absolute atomic E-state index is 4.43. The fourth-order valence-electron chi connectivity index (χ4n) is 2.60. The second kappa shape index (κ2) is 13.0. The minimum atomic E-state index is 0.457. The van der Waals surface area contributed by atoms with E-state index in [4.69, 9.17) is 0 Å². The molecule has 0 spiro atoms. The summed E-state index contributed by atoms with van der Waals surface area (Å²) in [6, 6.07) is 10.7. The number of rotatable bonds is 11. The minimum absolute atomic E-state index is 0.457. The summed E-state index contributed by atoms with van der Waals surface area (Å²) in [7, 11) is 0. The molecule has 1 unspecified atom stereocenters. The van der Waals surface area contributed by atoms with Crippen LogP contribution in [-0.4, -0.2) is 11.4 Å². The Morgan fingerprint density at radius 2 is 1.74 bits per heavy atom. The molecule has 0 saturated carbocycles. The molecule has 0 aliphatic carbocycles. The first-order chi connectivity index (χ1) is 12.9. The molecule has 0 saturated heterocycles. The third-order valence-corrected chi connectivity index (χ3v) is 4.69. The maximum Gasteiger partial charge on any atom is 0.0599 e. The van der Waals surface area contributed by atoms with Crippen molar-refractivity contribution in [3.8, 4) is 0 Å². The third-order valence-electron chi connectivity index (χ3n) is 4.69. The van der Waals surface area contributed by atoms with Crippen LogP contribution >= 0.6 is 0 Å². The van der Waals surface area contributed by atoms with Crippen LogP contribution in [-0.2, 0) is 6.42 Å². The lowest BCUT2D eigenvalue weighted by molar-refractivity contribution is 0.630. The van der Waals surface area contributed by atoms with Gasteiger partial charge in [-0.2, -0.15) is 10.2 Å². The van der Waals surface area contributed by atoms with Crippen molar-refractivity contribution in [3.63, 3.8) is 0 Å². The van der Waals surface area contributed by atoms with E-state index in [1.165, 1.54) is 23.1 Å². The van der Waals surface area contributed by atoms with Crippen LogP contribution in [0, 0.1) is 5.92 Å². The Labute approximate surface area is 166 Å². The van der Waals surface area contributed by atoms with E-state index in [9.17, 15) is 0 Å². The zero-order valence-corrected chi connectivity index (χ0v) is 17.8. The summed E-state index contributed by atoms with van der Waals surface area (Å²) in [4.78, 5) is 0. The molecule has 0 amide bonds. The standard InChI is InChI=1S/C25H36N2/c1-20(2)18-19-21(3)12-10-14-23(5)26-27-24(6)22(4)13-11-17-25-15-8-7-9-16-25/h7-10,12,14-16,22H,1,11,13,17-19H2,2-6H3/b14-10-,21-12+,26-23+,27-24+. The monoisotopic (exact) mass is 364 g/mol. The Kier molecular flexibility index (Phi) is 11.0. The molecule has 0 aromatic heterocycles. The van der Waals surface area contributed by atoms with Gasteiger partial charge in [0, 0.05) is 5.71 Å². The van der Waals surface area contributed by atoms with Gasteiger partial charge in [-0.15, -0.1) is 6.58 Å². The summed E-state index contributed by atoms with van der Waals surface area (Å²) in [5.74, 6) is 0.457. The molecule has 146 valence electrons. The first-order valence-electron chi connectivity index (χ1n) is 9.99. The van der Waals surface area contributed by atoms with Crippen molar-refractivity contribution in [1.82, 2.24) is 0 Å². The molecule has 1 atom stereocenters. The zero-order valence-electron chi connectivity index (χ0n) is 17.8. The van der Waals surface area contributed by atoms with Gasteiger partial charge in [-0.1, -0.05) is 60.6 Å². The van der Waals surface area contributed by atoms with Gasteiger partial charge in [0.15, 0.2) is 0 Å². The van der Waals surface area contributed by atoms with Gasteiger partial charge in [-0.25, -0.2) is 0 Å². The van der Waals surface area contributed by atoms with Crippen molar-refractivity contribution in [3.05, 3.63) is 71.8 Å². The van der Waals surface area contributed by atoms with Crippen LogP contribution in [0.15, 0.2) is 76.5 Å². The van der Waals surface area contributed by atoms with Crippen molar-refractivity contribution < 1.29 is 0 Å². The van der Waals surface area contributed by atoms with E-state index < -0.39 is 0 Å². The highest BCUT2D eigenvalue weighted by Crippen LogP contribution is 2.12. The van der Waals surface area contributed by atoms with E-state index in [-0.39, 0.29) is 0 Å². The molecule has 1 aromatic rings. The minimum Gasteiger partial charge on any atom is -0.160 e. The topological polar surface area (TPSA) is 24.7 Å².